The van der Waals surface area contributed by atoms with Crippen molar-refractivity contribution in [2.45, 2.75) is 31.5 Å². The number of benzene rings is 1. The smallest absolute Gasteiger partial charge is 0.363 e. The van der Waals surface area contributed by atoms with E-state index in [9.17, 15) is 13.2 Å². The molecule has 4 nitrogen and oxygen atoms in total. The summed E-state index contributed by atoms with van der Waals surface area (Å²) in [5.41, 5.74) is 1.83. The van der Waals surface area contributed by atoms with Crippen molar-refractivity contribution < 1.29 is 13.2 Å². The molecule has 124 valence electrons. The van der Waals surface area contributed by atoms with E-state index in [1.165, 1.54) is 17.5 Å². The Hall–Kier alpha value is -2.57. The second-order valence-corrected chi connectivity index (χ2v) is 5.95. The number of nitrogens with zero attached hydrogens (tertiary/aromatic N) is 2. The van der Waals surface area contributed by atoms with Crippen molar-refractivity contribution in [2.24, 2.45) is 0 Å². The van der Waals surface area contributed by atoms with Crippen LogP contribution in [0.5, 0.6) is 0 Å². The highest BCUT2D eigenvalue weighted by atomic mass is 19.4. The number of halogens is 3. The van der Waals surface area contributed by atoms with Gasteiger partial charge >= 0.3 is 6.18 Å². The molecule has 7 heteroatoms. The monoisotopic (exact) mass is 332 g/mol. The summed E-state index contributed by atoms with van der Waals surface area (Å²) < 4.78 is 38.7. The van der Waals surface area contributed by atoms with Crippen LogP contribution in [-0.2, 0) is 12.6 Å². The molecule has 24 heavy (non-hydrogen) atoms. The molecule has 0 fully saturated rings. The molecule has 2 N–H and O–H groups in total. The number of nitrogens with one attached hydrogen (secondary N) is 2. The van der Waals surface area contributed by atoms with Crippen molar-refractivity contribution in [3.05, 3.63) is 53.5 Å². The van der Waals surface area contributed by atoms with Crippen LogP contribution in [0, 0.1) is 0 Å². The zero-order valence-electron chi connectivity index (χ0n) is 12.7. The van der Waals surface area contributed by atoms with Gasteiger partial charge in [-0.15, -0.1) is 0 Å². The molecule has 1 aliphatic rings. The van der Waals surface area contributed by atoms with E-state index >= 15 is 0 Å². The normalized spacial score (nSPS) is 17.7. The standard InChI is InChI=1S/C17H15F3N4/c18-17(19,20)14-8-12-15(21-9-22-16(12)24-14)23-13-7-3-5-10-4-1-2-6-11(10)13/h1-2,4,6,8-9,13H,3,5,7H2,(H2,21,22,23,24). The molecule has 3 aromatic rings. The lowest BCUT2D eigenvalue weighted by molar-refractivity contribution is -0.140. The van der Waals surface area contributed by atoms with Gasteiger partial charge in [0.2, 0.25) is 0 Å². The number of H-pyrrole nitrogens is 1. The zero-order chi connectivity index (χ0) is 16.7. The Morgan fingerprint density at radius 2 is 2.00 bits per heavy atom. The van der Waals surface area contributed by atoms with Crippen LogP contribution in [0.2, 0.25) is 0 Å². The maximum Gasteiger partial charge on any atom is 0.431 e. The summed E-state index contributed by atoms with van der Waals surface area (Å²) in [5, 5.41) is 3.66. The Labute approximate surface area is 136 Å². The van der Waals surface area contributed by atoms with Gasteiger partial charge in [-0.1, -0.05) is 24.3 Å². The van der Waals surface area contributed by atoms with Crippen LogP contribution in [-0.4, -0.2) is 15.0 Å². The Morgan fingerprint density at radius 3 is 2.83 bits per heavy atom. The second-order valence-electron chi connectivity index (χ2n) is 5.95. The predicted molar refractivity (Wildman–Crippen MR) is 84.6 cm³/mol. The van der Waals surface area contributed by atoms with Crippen molar-refractivity contribution in [1.82, 2.24) is 15.0 Å². The van der Waals surface area contributed by atoms with E-state index in [0.717, 1.165) is 25.3 Å². The average molecular weight is 332 g/mol. The fourth-order valence-corrected chi connectivity index (χ4v) is 3.28. The molecule has 0 amide bonds. The summed E-state index contributed by atoms with van der Waals surface area (Å²) in [7, 11) is 0. The summed E-state index contributed by atoms with van der Waals surface area (Å²) in [5.74, 6) is 0.424. The third-order valence-corrected chi connectivity index (χ3v) is 4.41. The minimum Gasteiger partial charge on any atom is -0.363 e. The Bertz CT molecular complexity index is 885. The van der Waals surface area contributed by atoms with Gasteiger partial charge in [-0.2, -0.15) is 13.2 Å². The molecule has 4 rings (SSSR count). The lowest BCUT2D eigenvalue weighted by Gasteiger charge is -2.26. The van der Waals surface area contributed by atoms with E-state index in [1.807, 2.05) is 12.1 Å². The number of hydrogen-bond donors (Lipinski definition) is 2. The topological polar surface area (TPSA) is 53.6 Å². The molecule has 1 unspecified atom stereocenters. The molecule has 0 spiro atoms. The van der Waals surface area contributed by atoms with E-state index in [1.54, 1.807) is 0 Å². The van der Waals surface area contributed by atoms with Crippen LogP contribution < -0.4 is 5.32 Å². The Morgan fingerprint density at radius 1 is 1.17 bits per heavy atom. The molecule has 0 bridgehead atoms. The van der Waals surface area contributed by atoms with Gasteiger partial charge in [-0.05, 0) is 36.5 Å². The second kappa shape index (κ2) is 5.51. The van der Waals surface area contributed by atoms with Gasteiger partial charge in [0.05, 0.1) is 11.4 Å². The number of rotatable bonds is 2. The molecule has 1 aromatic carbocycles. The summed E-state index contributed by atoms with van der Waals surface area (Å²) in [4.78, 5) is 10.4. The maximum atomic E-state index is 12.9. The number of fused-ring (bicyclic) bond motifs is 2. The number of aromatic nitrogens is 3. The summed E-state index contributed by atoms with van der Waals surface area (Å²) in [6.45, 7) is 0. The fraction of sp³-hybridized carbons (Fsp3) is 0.294. The third-order valence-electron chi connectivity index (χ3n) is 4.41. The minimum atomic E-state index is -4.44. The van der Waals surface area contributed by atoms with Crippen molar-refractivity contribution in [3.63, 3.8) is 0 Å². The van der Waals surface area contributed by atoms with Gasteiger partial charge in [-0.25, -0.2) is 9.97 Å². The number of hydrogen-bond acceptors (Lipinski definition) is 3. The van der Waals surface area contributed by atoms with Gasteiger partial charge in [-0.3, -0.25) is 0 Å². The third kappa shape index (κ3) is 2.60. The Kier molecular flexibility index (Phi) is 3.44. The lowest BCUT2D eigenvalue weighted by Crippen LogP contribution is -2.18. The first-order valence-corrected chi connectivity index (χ1v) is 7.77. The van der Waals surface area contributed by atoms with Crippen LogP contribution >= 0.6 is 0 Å². The molecule has 1 atom stereocenters. The van der Waals surface area contributed by atoms with Gasteiger partial charge < -0.3 is 10.3 Å². The molecule has 2 heterocycles. The van der Waals surface area contributed by atoms with Crippen molar-refractivity contribution in [1.29, 1.82) is 0 Å². The van der Waals surface area contributed by atoms with Crippen LogP contribution in [0.25, 0.3) is 11.0 Å². The summed E-state index contributed by atoms with van der Waals surface area (Å²) in [6, 6.07) is 9.24. The molecule has 0 radical (unpaired) electrons. The maximum absolute atomic E-state index is 12.9. The quantitative estimate of drug-likeness (QED) is 0.728. The number of anilines is 1. The lowest BCUT2D eigenvalue weighted by atomic mass is 9.88. The zero-order valence-corrected chi connectivity index (χ0v) is 12.7. The van der Waals surface area contributed by atoms with Crippen molar-refractivity contribution >= 4 is 16.9 Å². The highest BCUT2D eigenvalue weighted by Gasteiger charge is 2.33. The summed E-state index contributed by atoms with van der Waals surface area (Å²) in [6.07, 6.45) is -0.190. The largest absolute Gasteiger partial charge is 0.431 e. The summed E-state index contributed by atoms with van der Waals surface area (Å²) >= 11 is 0. The van der Waals surface area contributed by atoms with E-state index < -0.39 is 11.9 Å². The molecular formula is C17H15F3N4. The molecule has 0 aliphatic heterocycles. The minimum absolute atomic E-state index is 0.0392. The first-order chi connectivity index (χ1) is 11.5. The van der Waals surface area contributed by atoms with Gasteiger partial charge in [0.1, 0.15) is 23.5 Å². The van der Waals surface area contributed by atoms with Crippen molar-refractivity contribution in [3.8, 4) is 0 Å². The molecule has 0 saturated carbocycles. The first kappa shape index (κ1) is 15.0. The molecule has 0 saturated heterocycles. The Balaban J connectivity index is 1.72. The number of aromatic amines is 1. The highest BCUT2D eigenvalue weighted by molar-refractivity contribution is 5.87. The number of alkyl halides is 3. The van der Waals surface area contributed by atoms with Crippen LogP contribution in [0.15, 0.2) is 36.7 Å². The van der Waals surface area contributed by atoms with Crippen molar-refractivity contribution in [2.75, 3.05) is 5.32 Å². The SMILES string of the molecule is FC(F)(F)c1cc2c(NC3CCCc4ccccc43)ncnc2[nH]1. The highest BCUT2D eigenvalue weighted by Crippen LogP contribution is 2.35. The van der Waals surface area contributed by atoms with Crippen LogP contribution in [0.3, 0.4) is 0 Å². The molecular weight excluding hydrogens is 317 g/mol. The first-order valence-electron chi connectivity index (χ1n) is 7.77. The molecule has 1 aliphatic carbocycles. The van der Waals surface area contributed by atoms with Crippen LogP contribution in [0.1, 0.15) is 35.7 Å². The average Bonchev–Trinajstić information content (AvgIpc) is 3.01. The van der Waals surface area contributed by atoms with E-state index in [2.05, 4.69) is 32.4 Å². The predicted octanol–water partition coefficient (Wildman–Crippen LogP) is 4.47. The molecule has 2 aromatic heterocycles. The van der Waals surface area contributed by atoms with E-state index in [0.29, 0.717) is 11.2 Å². The number of aryl methyl sites for hydroxylation is 1. The van der Waals surface area contributed by atoms with E-state index in [4.69, 9.17) is 0 Å². The van der Waals surface area contributed by atoms with Gasteiger partial charge in [0.15, 0.2) is 0 Å². The van der Waals surface area contributed by atoms with Gasteiger partial charge in [0.25, 0.3) is 0 Å². The fourth-order valence-electron chi connectivity index (χ4n) is 3.28. The van der Waals surface area contributed by atoms with Gasteiger partial charge in [0, 0.05) is 0 Å². The van der Waals surface area contributed by atoms with Crippen LogP contribution in [0.4, 0.5) is 19.0 Å². The van der Waals surface area contributed by atoms with E-state index in [-0.39, 0.29) is 11.7 Å².